The maximum Gasteiger partial charge on any atom is 0.343 e. The number of rotatable bonds is 22. The lowest BCUT2D eigenvalue weighted by atomic mass is 10.0. The van der Waals surface area contributed by atoms with Crippen LogP contribution in [0.1, 0.15) is 138 Å². The summed E-state index contributed by atoms with van der Waals surface area (Å²) in [7, 11) is 0. The van der Waals surface area contributed by atoms with Crippen LogP contribution in [0.15, 0.2) is 60.7 Å². The van der Waals surface area contributed by atoms with Crippen molar-refractivity contribution < 1.29 is 32.6 Å². The molecular weight excluding hydrogens is 598 g/mol. The predicted molar refractivity (Wildman–Crippen MR) is 184 cm³/mol. The monoisotopic (exact) mass is 650 g/mol. The largest absolute Gasteiger partial charge is 0.494 e. The summed E-state index contributed by atoms with van der Waals surface area (Å²) in [4.78, 5) is 25.1. The highest BCUT2D eigenvalue weighted by atomic mass is 19.2. The van der Waals surface area contributed by atoms with Crippen molar-refractivity contribution in [2.75, 3.05) is 6.61 Å². The Balaban J connectivity index is 1.44. The Bertz CT molecular complexity index is 1350. The number of carbonyl (C=O) groups is 2. The van der Waals surface area contributed by atoms with Crippen molar-refractivity contribution in [2.24, 2.45) is 0 Å². The van der Waals surface area contributed by atoms with E-state index in [0.29, 0.717) is 13.0 Å². The van der Waals surface area contributed by atoms with Gasteiger partial charge in [0.05, 0.1) is 23.8 Å². The molecule has 0 saturated heterocycles. The number of hydrogen-bond acceptors (Lipinski definition) is 5. The van der Waals surface area contributed by atoms with Crippen molar-refractivity contribution in [2.45, 2.75) is 123 Å². The summed E-state index contributed by atoms with van der Waals surface area (Å²) >= 11 is 0. The van der Waals surface area contributed by atoms with Crippen molar-refractivity contribution in [1.82, 2.24) is 0 Å². The molecule has 0 saturated carbocycles. The molecule has 0 heterocycles. The standard InChI is InChI=1S/C40H52F2O5/c1-4-6-8-10-11-12-13-14-15-17-29-45-34-25-23-32(24-26-34)31-19-21-33(22-20-31)39(43)47-36-28-27-35(37(41)38(36)42)40(44)46-30(3)18-16-9-7-5-2/h19-28,30H,4-18,29H2,1-3H3. The molecule has 0 N–H and O–H groups in total. The van der Waals surface area contributed by atoms with Gasteiger partial charge in [0, 0.05) is 0 Å². The third-order valence-electron chi connectivity index (χ3n) is 8.32. The van der Waals surface area contributed by atoms with E-state index >= 15 is 0 Å². The Morgan fingerprint density at radius 1 is 0.617 bits per heavy atom. The molecule has 256 valence electrons. The Labute approximate surface area is 280 Å². The van der Waals surface area contributed by atoms with Crippen LogP contribution in [0.4, 0.5) is 8.78 Å². The minimum atomic E-state index is -1.42. The minimum absolute atomic E-state index is 0.172. The maximum atomic E-state index is 14.8. The first-order valence-corrected chi connectivity index (χ1v) is 17.6. The molecule has 3 aromatic carbocycles. The topological polar surface area (TPSA) is 61.8 Å². The fourth-order valence-electron chi connectivity index (χ4n) is 5.41. The zero-order valence-corrected chi connectivity index (χ0v) is 28.5. The molecule has 0 spiro atoms. The molecule has 0 amide bonds. The number of esters is 2. The molecule has 5 nitrogen and oxygen atoms in total. The molecule has 0 fully saturated rings. The lowest BCUT2D eigenvalue weighted by Crippen LogP contribution is -2.17. The molecule has 0 aliphatic rings. The second-order valence-electron chi connectivity index (χ2n) is 12.3. The Morgan fingerprint density at radius 3 is 1.74 bits per heavy atom. The van der Waals surface area contributed by atoms with E-state index in [1.165, 1.54) is 57.8 Å². The van der Waals surface area contributed by atoms with Crippen LogP contribution < -0.4 is 9.47 Å². The molecule has 0 aliphatic carbocycles. The summed E-state index contributed by atoms with van der Waals surface area (Å²) in [5, 5.41) is 0. The van der Waals surface area contributed by atoms with Gasteiger partial charge in [0.1, 0.15) is 5.75 Å². The van der Waals surface area contributed by atoms with Gasteiger partial charge in [-0.25, -0.2) is 14.0 Å². The molecular formula is C40H52F2O5. The van der Waals surface area contributed by atoms with Gasteiger partial charge in [0.25, 0.3) is 0 Å². The van der Waals surface area contributed by atoms with Crippen LogP contribution in [0.5, 0.6) is 11.5 Å². The lowest BCUT2D eigenvalue weighted by Gasteiger charge is -2.14. The second-order valence-corrected chi connectivity index (χ2v) is 12.3. The first-order chi connectivity index (χ1) is 22.8. The molecule has 0 radical (unpaired) electrons. The van der Waals surface area contributed by atoms with Crippen molar-refractivity contribution >= 4 is 11.9 Å². The van der Waals surface area contributed by atoms with Gasteiger partial charge in [0.2, 0.25) is 5.82 Å². The Morgan fingerprint density at radius 2 is 1.15 bits per heavy atom. The quantitative estimate of drug-likeness (QED) is 0.0615. The highest BCUT2D eigenvalue weighted by Gasteiger charge is 2.23. The van der Waals surface area contributed by atoms with E-state index in [9.17, 15) is 18.4 Å². The third-order valence-corrected chi connectivity index (χ3v) is 8.32. The fourth-order valence-corrected chi connectivity index (χ4v) is 5.41. The Kier molecular flexibility index (Phi) is 17.0. The average molecular weight is 651 g/mol. The first-order valence-electron chi connectivity index (χ1n) is 17.6. The molecule has 1 atom stereocenters. The van der Waals surface area contributed by atoms with Gasteiger partial charge in [-0.3, -0.25) is 0 Å². The van der Waals surface area contributed by atoms with Gasteiger partial charge in [-0.1, -0.05) is 115 Å². The molecule has 0 aliphatic heterocycles. The van der Waals surface area contributed by atoms with E-state index in [2.05, 4.69) is 13.8 Å². The maximum absolute atomic E-state index is 14.8. The number of carbonyl (C=O) groups excluding carboxylic acids is 2. The number of ether oxygens (including phenoxy) is 3. The lowest BCUT2D eigenvalue weighted by molar-refractivity contribution is 0.0313. The molecule has 3 rings (SSSR count). The van der Waals surface area contributed by atoms with Gasteiger partial charge in [-0.2, -0.15) is 4.39 Å². The van der Waals surface area contributed by atoms with E-state index in [0.717, 1.165) is 61.1 Å². The summed E-state index contributed by atoms with van der Waals surface area (Å²) in [6.45, 7) is 6.77. The van der Waals surface area contributed by atoms with Crippen LogP contribution >= 0.6 is 0 Å². The highest BCUT2D eigenvalue weighted by Crippen LogP contribution is 2.27. The predicted octanol–water partition coefficient (Wildman–Crippen LogP) is 11.7. The van der Waals surface area contributed by atoms with Crippen LogP contribution in [-0.2, 0) is 4.74 Å². The molecule has 0 bridgehead atoms. The van der Waals surface area contributed by atoms with Gasteiger partial charge >= 0.3 is 11.9 Å². The summed E-state index contributed by atoms with van der Waals surface area (Å²) in [6, 6.07) is 16.6. The van der Waals surface area contributed by atoms with E-state index in [1.807, 2.05) is 24.3 Å². The van der Waals surface area contributed by atoms with Gasteiger partial charge in [-0.05, 0) is 73.7 Å². The fraction of sp³-hybridized carbons (Fsp3) is 0.500. The van der Waals surface area contributed by atoms with E-state index in [1.54, 1.807) is 31.2 Å². The van der Waals surface area contributed by atoms with Crippen LogP contribution in [0.2, 0.25) is 0 Å². The summed E-state index contributed by atoms with van der Waals surface area (Å²) in [5.41, 5.74) is 1.46. The first kappa shape index (κ1) is 37.7. The minimum Gasteiger partial charge on any atom is -0.494 e. The number of unbranched alkanes of at least 4 members (excludes halogenated alkanes) is 12. The number of benzene rings is 3. The second kappa shape index (κ2) is 21.2. The summed E-state index contributed by atoms with van der Waals surface area (Å²) in [6.07, 6.45) is 17.2. The average Bonchev–Trinajstić information content (AvgIpc) is 3.08. The van der Waals surface area contributed by atoms with Crippen LogP contribution in [0.25, 0.3) is 11.1 Å². The van der Waals surface area contributed by atoms with Crippen molar-refractivity contribution in [3.63, 3.8) is 0 Å². The molecule has 1 unspecified atom stereocenters. The van der Waals surface area contributed by atoms with E-state index in [4.69, 9.17) is 14.2 Å². The van der Waals surface area contributed by atoms with Crippen LogP contribution in [0, 0.1) is 11.6 Å². The number of halogens is 2. The van der Waals surface area contributed by atoms with Crippen LogP contribution in [-0.4, -0.2) is 24.6 Å². The zero-order valence-electron chi connectivity index (χ0n) is 28.5. The van der Waals surface area contributed by atoms with Gasteiger partial charge in [-0.15, -0.1) is 0 Å². The van der Waals surface area contributed by atoms with E-state index in [-0.39, 0.29) is 5.56 Å². The Hall–Kier alpha value is -3.74. The molecule has 7 heteroatoms. The molecule has 3 aromatic rings. The van der Waals surface area contributed by atoms with Crippen molar-refractivity contribution in [3.8, 4) is 22.6 Å². The smallest absolute Gasteiger partial charge is 0.343 e. The zero-order chi connectivity index (χ0) is 33.9. The normalized spacial score (nSPS) is 11.7. The van der Waals surface area contributed by atoms with Crippen molar-refractivity contribution in [3.05, 3.63) is 83.4 Å². The molecule has 0 aromatic heterocycles. The third kappa shape index (κ3) is 13.1. The van der Waals surface area contributed by atoms with Crippen molar-refractivity contribution in [1.29, 1.82) is 0 Å². The summed E-state index contributed by atoms with van der Waals surface area (Å²) < 4.78 is 45.8. The van der Waals surface area contributed by atoms with Gasteiger partial charge < -0.3 is 14.2 Å². The SMILES string of the molecule is CCCCCCCCCCCCOc1ccc(-c2ccc(C(=O)Oc3ccc(C(=O)OC(C)CCCCCC)c(F)c3F)cc2)cc1. The summed E-state index contributed by atoms with van der Waals surface area (Å²) in [5.74, 6) is -4.42. The molecule has 47 heavy (non-hydrogen) atoms. The van der Waals surface area contributed by atoms with Crippen LogP contribution in [0.3, 0.4) is 0 Å². The number of hydrogen-bond donors (Lipinski definition) is 0. The highest BCUT2D eigenvalue weighted by molar-refractivity contribution is 5.92. The van der Waals surface area contributed by atoms with E-state index < -0.39 is 41.0 Å². The van der Waals surface area contributed by atoms with Gasteiger partial charge in [0.15, 0.2) is 11.6 Å².